The van der Waals surface area contributed by atoms with Crippen molar-refractivity contribution in [2.45, 2.75) is 37.5 Å². The average molecular weight is 597 g/mol. The number of aliphatic hydroxyl groups is 2. The van der Waals surface area contributed by atoms with E-state index in [2.05, 4.69) is 15.0 Å². The van der Waals surface area contributed by atoms with Crippen molar-refractivity contribution < 1.29 is 46.1 Å². The van der Waals surface area contributed by atoms with Crippen LogP contribution >= 0.6 is 11.3 Å². The summed E-state index contributed by atoms with van der Waals surface area (Å²) in [5, 5.41) is 21.9. The van der Waals surface area contributed by atoms with E-state index in [1.54, 1.807) is 12.1 Å². The molecular formula is C26H23F3N2O7S2. The standard InChI is InChI=1S/C26H23F3N2O7S2/c1-2-40(35,36)20-9-3-15(4-10-20)23(37-18-5-7-19(8-6-18)38-26(27,28)29)24(34)31-25-30-21-11-16(13-32)17(14-33)12-22(21)39-25/h3-12,23,32-33H,2,13-14H2,1H3,(H,30,31,34). The third-order valence-electron chi connectivity index (χ3n) is 5.75. The van der Waals surface area contributed by atoms with E-state index in [1.807, 2.05) is 0 Å². The van der Waals surface area contributed by atoms with E-state index in [0.29, 0.717) is 21.3 Å². The third kappa shape index (κ3) is 6.88. The Morgan fingerprint density at radius 3 is 2.17 bits per heavy atom. The fraction of sp³-hybridized carbons (Fsp3) is 0.231. The minimum Gasteiger partial charge on any atom is -0.476 e. The van der Waals surface area contributed by atoms with Gasteiger partial charge in [0.15, 0.2) is 15.0 Å². The molecule has 1 atom stereocenters. The molecule has 1 amide bonds. The van der Waals surface area contributed by atoms with Gasteiger partial charge in [-0.2, -0.15) is 0 Å². The molecule has 40 heavy (non-hydrogen) atoms. The number of carbonyl (C=O) groups is 1. The fourth-order valence-corrected chi connectivity index (χ4v) is 5.52. The Hall–Kier alpha value is -3.72. The van der Waals surface area contributed by atoms with Gasteiger partial charge in [-0.05, 0) is 59.7 Å². The Labute approximate surface area is 230 Å². The molecule has 0 aliphatic rings. The van der Waals surface area contributed by atoms with Gasteiger partial charge in [0.1, 0.15) is 11.5 Å². The lowest BCUT2D eigenvalue weighted by molar-refractivity contribution is -0.274. The number of halogens is 3. The molecule has 9 nitrogen and oxygen atoms in total. The van der Waals surface area contributed by atoms with E-state index in [4.69, 9.17) is 4.74 Å². The number of rotatable bonds is 10. The molecule has 1 heterocycles. The number of carbonyl (C=O) groups excluding carboxylic acids is 1. The summed E-state index contributed by atoms with van der Waals surface area (Å²) >= 11 is 1.12. The van der Waals surface area contributed by atoms with Gasteiger partial charge in [-0.25, -0.2) is 13.4 Å². The predicted molar refractivity (Wildman–Crippen MR) is 141 cm³/mol. The maximum atomic E-state index is 13.4. The quantitative estimate of drug-likeness (QED) is 0.239. The highest BCUT2D eigenvalue weighted by Crippen LogP contribution is 2.32. The summed E-state index contributed by atoms with van der Waals surface area (Å²) in [6.07, 6.45) is -6.22. The van der Waals surface area contributed by atoms with Crippen LogP contribution in [-0.4, -0.2) is 41.6 Å². The molecule has 4 aromatic rings. The van der Waals surface area contributed by atoms with Gasteiger partial charge in [-0.1, -0.05) is 30.4 Å². The summed E-state index contributed by atoms with van der Waals surface area (Å²) in [7, 11) is -3.51. The van der Waals surface area contributed by atoms with Crippen LogP contribution < -0.4 is 14.8 Å². The van der Waals surface area contributed by atoms with Crippen LogP contribution in [0, 0.1) is 0 Å². The van der Waals surface area contributed by atoms with Crippen molar-refractivity contribution in [3.63, 3.8) is 0 Å². The molecule has 14 heteroatoms. The van der Waals surface area contributed by atoms with Gasteiger partial charge in [0.05, 0.1) is 34.1 Å². The molecule has 0 aliphatic carbocycles. The van der Waals surface area contributed by atoms with E-state index in [0.717, 1.165) is 23.5 Å². The van der Waals surface area contributed by atoms with Crippen molar-refractivity contribution in [1.29, 1.82) is 0 Å². The number of alkyl halides is 3. The average Bonchev–Trinajstić information content (AvgIpc) is 3.31. The summed E-state index contributed by atoms with van der Waals surface area (Å²) in [5.41, 5.74) is 1.75. The topological polar surface area (TPSA) is 135 Å². The zero-order valence-electron chi connectivity index (χ0n) is 20.8. The van der Waals surface area contributed by atoms with Crippen molar-refractivity contribution in [3.8, 4) is 11.5 Å². The van der Waals surface area contributed by atoms with E-state index >= 15 is 0 Å². The third-order valence-corrected chi connectivity index (χ3v) is 8.44. The molecule has 0 radical (unpaired) electrons. The number of nitrogens with one attached hydrogen (secondary N) is 1. The van der Waals surface area contributed by atoms with E-state index in [1.165, 1.54) is 43.3 Å². The van der Waals surface area contributed by atoms with Crippen LogP contribution in [0.1, 0.15) is 29.7 Å². The molecule has 0 fully saturated rings. The molecule has 3 N–H and O–H groups in total. The summed E-state index contributed by atoms with van der Waals surface area (Å²) < 4.78 is 72.3. The lowest BCUT2D eigenvalue weighted by Gasteiger charge is -2.19. The highest BCUT2D eigenvalue weighted by molar-refractivity contribution is 7.91. The molecule has 3 aromatic carbocycles. The lowest BCUT2D eigenvalue weighted by Crippen LogP contribution is -2.25. The largest absolute Gasteiger partial charge is 0.573 e. The van der Waals surface area contributed by atoms with E-state index < -0.39 is 34.0 Å². The molecule has 1 aromatic heterocycles. The first-order valence-corrected chi connectivity index (χ1v) is 14.2. The van der Waals surface area contributed by atoms with Crippen LogP contribution in [-0.2, 0) is 27.8 Å². The van der Waals surface area contributed by atoms with Gasteiger partial charge in [0, 0.05) is 5.56 Å². The number of amides is 1. The van der Waals surface area contributed by atoms with Crippen molar-refractivity contribution in [2.75, 3.05) is 11.1 Å². The highest BCUT2D eigenvalue weighted by atomic mass is 32.2. The zero-order valence-corrected chi connectivity index (χ0v) is 22.4. The second kappa shape index (κ2) is 11.8. The number of anilines is 1. The normalized spacial score (nSPS) is 12.8. The van der Waals surface area contributed by atoms with Gasteiger partial charge in [0.25, 0.3) is 5.91 Å². The second-order valence-electron chi connectivity index (χ2n) is 8.40. The number of sulfone groups is 1. The first-order chi connectivity index (χ1) is 18.9. The SMILES string of the molecule is CCS(=O)(=O)c1ccc(C(Oc2ccc(OC(F)(F)F)cc2)C(=O)Nc2nc3cc(CO)c(CO)cc3s2)cc1. The van der Waals surface area contributed by atoms with Crippen LogP contribution in [0.15, 0.2) is 65.6 Å². The molecule has 0 aliphatic heterocycles. The molecule has 0 saturated carbocycles. The van der Waals surface area contributed by atoms with Gasteiger partial charge in [-0.15, -0.1) is 13.2 Å². The number of benzene rings is 3. The van der Waals surface area contributed by atoms with Gasteiger partial charge < -0.3 is 19.7 Å². The van der Waals surface area contributed by atoms with Crippen LogP contribution in [0.4, 0.5) is 18.3 Å². The van der Waals surface area contributed by atoms with Crippen molar-refractivity contribution in [2.24, 2.45) is 0 Å². The van der Waals surface area contributed by atoms with Gasteiger partial charge in [-0.3, -0.25) is 10.1 Å². The Kier molecular flexibility index (Phi) is 8.63. The second-order valence-corrected chi connectivity index (χ2v) is 11.7. The fourth-order valence-electron chi connectivity index (χ4n) is 3.72. The molecule has 4 rings (SSSR count). The monoisotopic (exact) mass is 596 g/mol. The number of thiazole rings is 1. The Bertz CT molecular complexity index is 1560. The number of nitrogens with zero attached hydrogens (tertiary/aromatic N) is 1. The Balaban J connectivity index is 1.64. The summed E-state index contributed by atoms with van der Waals surface area (Å²) in [6, 6.07) is 13.2. The molecule has 0 saturated heterocycles. The minimum atomic E-state index is -4.88. The lowest BCUT2D eigenvalue weighted by atomic mass is 10.1. The number of hydrogen-bond acceptors (Lipinski definition) is 9. The first kappa shape index (κ1) is 29.3. The predicted octanol–water partition coefficient (Wildman–Crippen LogP) is 4.73. The summed E-state index contributed by atoms with van der Waals surface area (Å²) in [4.78, 5) is 17.8. The van der Waals surface area contributed by atoms with E-state index in [9.17, 15) is 36.6 Å². The number of fused-ring (bicyclic) bond motifs is 1. The van der Waals surface area contributed by atoms with Crippen LogP contribution in [0.3, 0.4) is 0 Å². The number of hydrogen-bond donors (Lipinski definition) is 3. The molecular weight excluding hydrogens is 573 g/mol. The number of ether oxygens (including phenoxy) is 2. The summed E-state index contributed by atoms with van der Waals surface area (Å²) in [6.45, 7) is 0.898. The number of aliphatic hydroxyl groups excluding tert-OH is 2. The summed E-state index contributed by atoms with van der Waals surface area (Å²) in [5.74, 6) is -1.24. The Morgan fingerprint density at radius 2 is 1.60 bits per heavy atom. The van der Waals surface area contributed by atoms with E-state index in [-0.39, 0.29) is 40.3 Å². The molecule has 212 valence electrons. The zero-order chi connectivity index (χ0) is 29.1. The maximum absolute atomic E-state index is 13.4. The van der Waals surface area contributed by atoms with Crippen molar-refractivity contribution >= 4 is 42.4 Å². The van der Waals surface area contributed by atoms with Crippen LogP contribution in [0.5, 0.6) is 11.5 Å². The molecule has 0 bridgehead atoms. The smallest absolute Gasteiger partial charge is 0.476 e. The Morgan fingerprint density at radius 1 is 1.00 bits per heavy atom. The highest BCUT2D eigenvalue weighted by Gasteiger charge is 2.31. The minimum absolute atomic E-state index is 0.0457. The van der Waals surface area contributed by atoms with Crippen LogP contribution in [0.2, 0.25) is 0 Å². The molecule has 0 spiro atoms. The van der Waals surface area contributed by atoms with Crippen LogP contribution in [0.25, 0.3) is 10.2 Å². The van der Waals surface area contributed by atoms with Crippen molar-refractivity contribution in [3.05, 3.63) is 77.4 Å². The maximum Gasteiger partial charge on any atom is 0.573 e. The number of aromatic nitrogens is 1. The van der Waals surface area contributed by atoms with Gasteiger partial charge in [0.2, 0.25) is 6.10 Å². The molecule has 1 unspecified atom stereocenters. The first-order valence-electron chi connectivity index (χ1n) is 11.7. The van der Waals surface area contributed by atoms with Crippen molar-refractivity contribution in [1.82, 2.24) is 4.98 Å². The van der Waals surface area contributed by atoms with Gasteiger partial charge >= 0.3 is 6.36 Å².